The summed E-state index contributed by atoms with van der Waals surface area (Å²) in [5.74, 6) is 0.138. The van der Waals surface area contributed by atoms with Gasteiger partial charge in [-0.25, -0.2) is 4.98 Å². The summed E-state index contributed by atoms with van der Waals surface area (Å²) in [6, 6.07) is 5.51. The van der Waals surface area contributed by atoms with Gasteiger partial charge in [0, 0.05) is 19.6 Å². The van der Waals surface area contributed by atoms with E-state index >= 15 is 0 Å². The molecule has 5 nitrogen and oxygen atoms in total. The molecule has 0 aliphatic heterocycles. The van der Waals surface area contributed by atoms with E-state index in [9.17, 15) is 4.79 Å². The first kappa shape index (κ1) is 16.3. The third kappa shape index (κ3) is 4.10. The number of nitrogens with one attached hydrogen (secondary N) is 1. The van der Waals surface area contributed by atoms with Crippen LogP contribution in [0.2, 0.25) is 5.02 Å². The van der Waals surface area contributed by atoms with Crippen LogP contribution in [0.25, 0.3) is 0 Å². The summed E-state index contributed by atoms with van der Waals surface area (Å²) in [5, 5.41) is 12.2. The fraction of sp³-hybridized carbons (Fsp3) is 0.500. The molecule has 6 heteroatoms. The first-order valence-corrected chi connectivity index (χ1v) is 7.00. The number of carbonyl (C=O) groups excluding carboxylic acids is 1. The topological polar surface area (TPSA) is 69.0 Å². The summed E-state index contributed by atoms with van der Waals surface area (Å²) in [4.78, 5) is 18.3. The number of nitriles is 1. The molecule has 1 amide bonds. The molecule has 0 aliphatic rings. The molecule has 1 atom stereocenters. The van der Waals surface area contributed by atoms with Crippen LogP contribution in [0.1, 0.15) is 31.3 Å². The Morgan fingerprint density at radius 2 is 2.25 bits per heavy atom. The Morgan fingerprint density at radius 1 is 1.55 bits per heavy atom. The van der Waals surface area contributed by atoms with E-state index in [2.05, 4.69) is 16.4 Å². The van der Waals surface area contributed by atoms with Crippen LogP contribution < -0.4 is 5.32 Å². The quantitative estimate of drug-likeness (QED) is 0.876. The molecule has 1 heterocycles. The zero-order valence-electron chi connectivity index (χ0n) is 12.0. The van der Waals surface area contributed by atoms with Gasteiger partial charge in [0.2, 0.25) is 0 Å². The smallest absolute Gasteiger partial charge is 0.274 e. The summed E-state index contributed by atoms with van der Waals surface area (Å²) in [6.45, 7) is 7.18. The van der Waals surface area contributed by atoms with Gasteiger partial charge in [0.15, 0.2) is 0 Å². The third-order valence-corrected chi connectivity index (χ3v) is 3.10. The van der Waals surface area contributed by atoms with Gasteiger partial charge in [0.1, 0.15) is 11.5 Å². The normalized spacial score (nSPS) is 11.6. The molecule has 1 aromatic rings. The maximum Gasteiger partial charge on any atom is 0.274 e. The Bertz CT molecular complexity index is 512. The first-order chi connectivity index (χ1) is 9.53. The largest absolute Gasteiger partial charge is 0.370 e. The van der Waals surface area contributed by atoms with E-state index in [1.807, 2.05) is 13.8 Å². The van der Waals surface area contributed by atoms with Gasteiger partial charge < -0.3 is 10.2 Å². The van der Waals surface area contributed by atoms with Gasteiger partial charge in [-0.3, -0.25) is 4.79 Å². The van der Waals surface area contributed by atoms with Crippen molar-refractivity contribution in [3.8, 4) is 6.07 Å². The lowest BCUT2D eigenvalue weighted by molar-refractivity contribution is 0.0747. The van der Waals surface area contributed by atoms with E-state index < -0.39 is 0 Å². The molecule has 108 valence electrons. The Labute approximate surface area is 124 Å². The van der Waals surface area contributed by atoms with Gasteiger partial charge >= 0.3 is 0 Å². The van der Waals surface area contributed by atoms with E-state index in [0.29, 0.717) is 30.5 Å². The summed E-state index contributed by atoms with van der Waals surface area (Å²) in [5.41, 5.74) is 0.220. The van der Waals surface area contributed by atoms with E-state index in [-0.39, 0.29) is 17.5 Å². The van der Waals surface area contributed by atoms with Gasteiger partial charge in [-0.1, -0.05) is 11.6 Å². The second-order valence-electron chi connectivity index (χ2n) is 4.43. The molecule has 0 aromatic carbocycles. The van der Waals surface area contributed by atoms with Crippen molar-refractivity contribution in [3.05, 3.63) is 22.8 Å². The van der Waals surface area contributed by atoms with Gasteiger partial charge in [0.25, 0.3) is 5.91 Å². The SMILES string of the molecule is CCNc1ccc(Cl)c(C(=O)N(CC)CC(C)C#N)n1. The molecule has 1 unspecified atom stereocenters. The molecular weight excluding hydrogens is 276 g/mol. The summed E-state index contributed by atoms with van der Waals surface area (Å²) in [6.07, 6.45) is 0. The Hall–Kier alpha value is -1.80. The van der Waals surface area contributed by atoms with Gasteiger partial charge in [-0.2, -0.15) is 5.26 Å². The molecule has 0 radical (unpaired) electrons. The van der Waals surface area contributed by atoms with Crippen molar-refractivity contribution < 1.29 is 4.79 Å². The molecular formula is C14H19ClN4O. The van der Waals surface area contributed by atoms with Crippen molar-refractivity contribution in [2.45, 2.75) is 20.8 Å². The van der Waals surface area contributed by atoms with Crippen LogP contribution in [0.5, 0.6) is 0 Å². The maximum atomic E-state index is 12.4. The second-order valence-corrected chi connectivity index (χ2v) is 4.84. The third-order valence-electron chi connectivity index (χ3n) is 2.79. The minimum atomic E-state index is -0.251. The fourth-order valence-corrected chi connectivity index (χ4v) is 1.93. The maximum absolute atomic E-state index is 12.4. The van der Waals surface area contributed by atoms with Gasteiger partial charge in [0.05, 0.1) is 17.0 Å². The minimum Gasteiger partial charge on any atom is -0.370 e. The minimum absolute atomic E-state index is 0.220. The summed E-state index contributed by atoms with van der Waals surface area (Å²) < 4.78 is 0. The molecule has 20 heavy (non-hydrogen) atoms. The average molecular weight is 295 g/mol. The van der Waals surface area contributed by atoms with Crippen molar-refractivity contribution in [1.82, 2.24) is 9.88 Å². The number of pyridine rings is 1. The number of carbonyl (C=O) groups is 1. The van der Waals surface area contributed by atoms with E-state index in [1.54, 1.807) is 24.0 Å². The molecule has 1 rings (SSSR count). The van der Waals surface area contributed by atoms with Crippen LogP contribution in [0.15, 0.2) is 12.1 Å². The Kier molecular flexibility index (Phi) is 6.26. The number of anilines is 1. The highest BCUT2D eigenvalue weighted by atomic mass is 35.5. The lowest BCUT2D eigenvalue weighted by atomic mass is 10.2. The van der Waals surface area contributed by atoms with E-state index in [1.165, 1.54) is 0 Å². The first-order valence-electron chi connectivity index (χ1n) is 6.62. The van der Waals surface area contributed by atoms with Crippen molar-refractivity contribution >= 4 is 23.3 Å². The number of aromatic nitrogens is 1. The van der Waals surface area contributed by atoms with E-state index in [0.717, 1.165) is 0 Å². The monoisotopic (exact) mass is 294 g/mol. The predicted molar refractivity (Wildman–Crippen MR) is 79.8 cm³/mol. The fourth-order valence-electron chi connectivity index (χ4n) is 1.75. The zero-order chi connectivity index (χ0) is 15.1. The lowest BCUT2D eigenvalue weighted by Crippen LogP contribution is -2.35. The van der Waals surface area contributed by atoms with Crippen molar-refractivity contribution in [3.63, 3.8) is 0 Å². The Balaban J connectivity index is 2.99. The van der Waals surface area contributed by atoms with Crippen molar-refractivity contribution in [2.75, 3.05) is 25.0 Å². The molecule has 0 saturated heterocycles. The van der Waals surface area contributed by atoms with Crippen molar-refractivity contribution in [1.29, 1.82) is 5.26 Å². The highest BCUT2D eigenvalue weighted by molar-refractivity contribution is 6.33. The molecule has 0 bridgehead atoms. The molecule has 0 spiro atoms. The van der Waals surface area contributed by atoms with Crippen LogP contribution in [0.4, 0.5) is 5.82 Å². The highest BCUT2D eigenvalue weighted by Gasteiger charge is 2.21. The zero-order valence-corrected chi connectivity index (χ0v) is 12.7. The summed E-state index contributed by atoms with van der Waals surface area (Å²) in [7, 11) is 0. The van der Waals surface area contributed by atoms with Gasteiger partial charge in [-0.15, -0.1) is 0 Å². The number of rotatable bonds is 6. The predicted octanol–water partition coefficient (Wildman–Crippen LogP) is 2.79. The molecule has 0 saturated carbocycles. The average Bonchev–Trinajstić information content (AvgIpc) is 2.46. The number of amides is 1. The molecule has 0 aliphatic carbocycles. The van der Waals surface area contributed by atoms with Crippen molar-refractivity contribution in [2.24, 2.45) is 5.92 Å². The second kappa shape index (κ2) is 7.71. The van der Waals surface area contributed by atoms with Crippen LogP contribution in [-0.2, 0) is 0 Å². The Morgan fingerprint density at radius 3 is 2.80 bits per heavy atom. The number of halogens is 1. The van der Waals surface area contributed by atoms with Crippen LogP contribution in [0.3, 0.4) is 0 Å². The highest BCUT2D eigenvalue weighted by Crippen LogP contribution is 2.19. The number of nitrogens with zero attached hydrogens (tertiary/aromatic N) is 3. The molecule has 1 N–H and O–H groups in total. The van der Waals surface area contributed by atoms with Crippen LogP contribution >= 0.6 is 11.6 Å². The lowest BCUT2D eigenvalue weighted by Gasteiger charge is -2.22. The van der Waals surface area contributed by atoms with Crippen LogP contribution in [-0.4, -0.2) is 35.4 Å². The molecule has 0 fully saturated rings. The van der Waals surface area contributed by atoms with E-state index in [4.69, 9.17) is 16.9 Å². The van der Waals surface area contributed by atoms with Gasteiger partial charge in [-0.05, 0) is 32.9 Å². The van der Waals surface area contributed by atoms with Crippen LogP contribution in [0, 0.1) is 17.2 Å². The standard InChI is InChI=1S/C14H19ClN4O/c1-4-17-12-7-6-11(15)13(18-12)14(20)19(5-2)9-10(3)8-16/h6-7,10H,4-5,9H2,1-3H3,(H,17,18). The number of hydrogen-bond acceptors (Lipinski definition) is 4. The summed E-state index contributed by atoms with van der Waals surface area (Å²) >= 11 is 6.06. The number of hydrogen-bond donors (Lipinski definition) is 1. The molecule has 1 aromatic heterocycles.